The summed E-state index contributed by atoms with van der Waals surface area (Å²) in [5.41, 5.74) is 2.98. The lowest BCUT2D eigenvalue weighted by Gasteiger charge is -2.36. The zero-order valence-corrected chi connectivity index (χ0v) is 21.9. The van der Waals surface area contributed by atoms with Gasteiger partial charge in [-0.2, -0.15) is 4.98 Å². The molecule has 0 aliphatic carbocycles. The van der Waals surface area contributed by atoms with E-state index in [1.54, 1.807) is 6.20 Å². The van der Waals surface area contributed by atoms with E-state index >= 15 is 0 Å². The topological polar surface area (TPSA) is 71.1 Å². The van der Waals surface area contributed by atoms with Gasteiger partial charge in [-0.15, -0.1) is 0 Å². The van der Waals surface area contributed by atoms with Gasteiger partial charge in [-0.1, -0.05) is 13.2 Å². The number of fused-ring (bicyclic) bond motifs is 1. The van der Waals surface area contributed by atoms with Crippen molar-refractivity contribution in [1.29, 1.82) is 0 Å². The Balaban J connectivity index is 1.24. The number of benzene rings is 1. The maximum Gasteiger partial charge on any atom is 0.246 e. The van der Waals surface area contributed by atoms with Crippen molar-refractivity contribution in [2.45, 2.75) is 0 Å². The third kappa shape index (κ3) is 5.71. The van der Waals surface area contributed by atoms with Crippen molar-refractivity contribution < 1.29 is 9.18 Å². The van der Waals surface area contributed by atoms with Crippen LogP contribution in [0.15, 0.2) is 55.4 Å². The number of piperazine rings is 2. The van der Waals surface area contributed by atoms with Gasteiger partial charge in [-0.05, 0) is 43.5 Å². The molecule has 3 aliphatic heterocycles. The lowest BCUT2D eigenvalue weighted by Crippen LogP contribution is -2.50. The van der Waals surface area contributed by atoms with Gasteiger partial charge in [-0.3, -0.25) is 9.69 Å². The summed E-state index contributed by atoms with van der Waals surface area (Å²) >= 11 is 0. The minimum absolute atomic E-state index is 0.0151. The predicted octanol–water partition coefficient (Wildman–Crippen LogP) is 2.79. The van der Waals surface area contributed by atoms with Crippen molar-refractivity contribution in [3.63, 3.8) is 0 Å². The number of carbonyl (C=O) groups excluding carboxylic acids is 1. The molecule has 0 saturated carbocycles. The SMILES string of the molecule is C=CC(=O)N1CCN(CCN2C(=C)C=Cc3cnc(Nc4ccc(N5CCN(C)CC5)c(F)c4)nc32)CC1. The van der Waals surface area contributed by atoms with Crippen LogP contribution in [0.25, 0.3) is 6.08 Å². The minimum Gasteiger partial charge on any atom is -0.367 e. The standard InChI is InChI=1S/C28H35FN8O/c1-4-26(38)36-16-11-34(12-17-36)13-18-37-21(2)5-6-22-20-30-28(32-27(22)37)31-23-7-8-25(24(29)19-23)35-14-9-33(3)10-15-35/h4-8,19-20H,1-2,9-18H2,3H3,(H,30,31,32). The first-order valence-corrected chi connectivity index (χ1v) is 13.1. The second kappa shape index (κ2) is 11.3. The average Bonchev–Trinajstić information content (AvgIpc) is 2.93. The molecular formula is C28H35FN8O. The largest absolute Gasteiger partial charge is 0.367 e. The maximum atomic E-state index is 15.0. The molecule has 10 heteroatoms. The van der Waals surface area contributed by atoms with E-state index in [4.69, 9.17) is 4.98 Å². The monoisotopic (exact) mass is 518 g/mol. The van der Waals surface area contributed by atoms with E-state index < -0.39 is 0 Å². The van der Waals surface area contributed by atoms with Crippen molar-refractivity contribution in [2.24, 2.45) is 0 Å². The van der Waals surface area contributed by atoms with Crippen LogP contribution in [0.2, 0.25) is 0 Å². The molecule has 0 radical (unpaired) electrons. The fourth-order valence-electron chi connectivity index (χ4n) is 5.02. The van der Waals surface area contributed by atoms with Crippen molar-refractivity contribution in [3.05, 3.63) is 66.8 Å². The molecule has 1 N–H and O–H groups in total. The fraction of sp³-hybridized carbons (Fsp3) is 0.393. The number of anilines is 4. The number of likely N-dealkylation sites (N-methyl/N-ethyl adjacent to an activating group) is 1. The second-order valence-corrected chi connectivity index (χ2v) is 9.90. The molecule has 4 heterocycles. The van der Waals surface area contributed by atoms with Crippen molar-refractivity contribution in [2.75, 3.05) is 87.6 Å². The molecule has 2 fully saturated rings. The number of hydrogen-bond acceptors (Lipinski definition) is 8. The molecule has 1 amide bonds. The first-order chi connectivity index (χ1) is 18.4. The molecule has 9 nitrogen and oxygen atoms in total. The third-order valence-corrected chi connectivity index (χ3v) is 7.40. The van der Waals surface area contributed by atoms with Crippen LogP contribution in [0, 0.1) is 5.82 Å². The summed E-state index contributed by atoms with van der Waals surface area (Å²) in [7, 11) is 2.08. The van der Waals surface area contributed by atoms with Gasteiger partial charge in [0.15, 0.2) is 0 Å². The molecule has 2 aromatic rings. The quantitative estimate of drug-likeness (QED) is 0.562. The number of nitrogens with zero attached hydrogens (tertiary/aromatic N) is 7. The van der Waals surface area contributed by atoms with Gasteiger partial charge in [0, 0.05) is 88.6 Å². The molecule has 0 spiro atoms. The molecule has 1 aromatic carbocycles. The van der Waals surface area contributed by atoms with Crippen LogP contribution < -0.4 is 15.1 Å². The molecular weight excluding hydrogens is 483 g/mol. The van der Waals surface area contributed by atoms with Gasteiger partial charge in [-0.25, -0.2) is 9.37 Å². The highest BCUT2D eigenvalue weighted by molar-refractivity contribution is 5.87. The molecule has 200 valence electrons. The molecule has 38 heavy (non-hydrogen) atoms. The van der Waals surface area contributed by atoms with E-state index in [1.165, 1.54) is 12.1 Å². The Kier molecular flexibility index (Phi) is 7.71. The van der Waals surface area contributed by atoms with Crippen LogP contribution in [0.1, 0.15) is 5.56 Å². The zero-order chi connectivity index (χ0) is 26.6. The van der Waals surface area contributed by atoms with E-state index in [0.717, 1.165) is 62.9 Å². The van der Waals surface area contributed by atoms with Crippen LogP contribution in [-0.2, 0) is 4.79 Å². The number of allylic oxidation sites excluding steroid dienone is 1. The average molecular weight is 519 g/mol. The van der Waals surface area contributed by atoms with Gasteiger partial charge < -0.3 is 24.9 Å². The summed E-state index contributed by atoms with van der Waals surface area (Å²) in [6, 6.07) is 5.19. The smallest absolute Gasteiger partial charge is 0.246 e. The van der Waals surface area contributed by atoms with Gasteiger partial charge in [0.25, 0.3) is 0 Å². The van der Waals surface area contributed by atoms with Crippen LogP contribution >= 0.6 is 0 Å². The Morgan fingerprint density at radius 1 is 1.08 bits per heavy atom. The Hall–Kier alpha value is -3.76. The van der Waals surface area contributed by atoms with Crippen LogP contribution in [0.5, 0.6) is 0 Å². The minimum atomic E-state index is -0.259. The predicted molar refractivity (Wildman–Crippen MR) is 150 cm³/mol. The van der Waals surface area contributed by atoms with E-state index in [0.29, 0.717) is 37.0 Å². The first-order valence-electron chi connectivity index (χ1n) is 13.1. The van der Waals surface area contributed by atoms with E-state index in [1.807, 2.05) is 29.2 Å². The number of amides is 1. The highest BCUT2D eigenvalue weighted by atomic mass is 19.1. The van der Waals surface area contributed by atoms with Gasteiger partial charge in [0.05, 0.1) is 5.69 Å². The lowest BCUT2D eigenvalue weighted by molar-refractivity contribution is -0.127. The van der Waals surface area contributed by atoms with Gasteiger partial charge in [0.2, 0.25) is 11.9 Å². The Morgan fingerprint density at radius 2 is 1.84 bits per heavy atom. The van der Waals surface area contributed by atoms with Crippen molar-refractivity contribution >= 4 is 35.1 Å². The van der Waals surface area contributed by atoms with Crippen molar-refractivity contribution in [3.8, 4) is 0 Å². The summed E-state index contributed by atoms with van der Waals surface area (Å²) < 4.78 is 15.0. The van der Waals surface area contributed by atoms with Crippen LogP contribution in [0.4, 0.5) is 27.5 Å². The molecule has 2 saturated heterocycles. The fourth-order valence-corrected chi connectivity index (χ4v) is 5.02. The Morgan fingerprint density at radius 3 is 2.55 bits per heavy atom. The Bertz CT molecular complexity index is 1230. The Labute approximate surface area is 223 Å². The molecule has 5 rings (SSSR count). The van der Waals surface area contributed by atoms with E-state index in [9.17, 15) is 9.18 Å². The van der Waals surface area contributed by atoms with Crippen LogP contribution in [-0.4, -0.2) is 103 Å². The molecule has 0 atom stereocenters. The summed E-state index contributed by atoms with van der Waals surface area (Å²) in [6.45, 7) is 15.8. The number of halogens is 1. The molecule has 3 aliphatic rings. The van der Waals surface area contributed by atoms with E-state index in [2.05, 4.69) is 50.1 Å². The van der Waals surface area contributed by atoms with Gasteiger partial charge in [0.1, 0.15) is 11.6 Å². The van der Waals surface area contributed by atoms with Crippen LogP contribution in [0.3, 0.4) is 0 Å². The highest BCUT2D eigenvalue weighted by Gasteiger charge is 2.23. The van der Waals surface area contributed by atoms with Gasteiger partial charge >= 0.3 is 0 Å². The molecule has 1 aromatic heterocycles. The number of rotatable bonds is 7. The molecule has 0 unspecified atom stereocenters. The summed E-state index contributed by atoms with van der Waals surface area (Å²) in [5, 5.41) is 3.17. The first kappa shape index (κ1) is 25.9. The maximum absolute atomic E-state index is 15.0. The highest BCUT2D eigenvalue weighted by Crippen LogP contribution is 2.30. The number of aromatic nitrogens is 2. The lowest BCUT2D eigenvalue weighted by atomic mass is 10.1. The molecule has 0 bridgehead atoms. The second-order valence-electron chi connectivity index (χ2n) is 9.90. The normalized spacial score (nSPS) is 18.5. The summed E-state index contributed by atoms with van der Waals surface area (Å²) in [4.78, 5) is 31.7. The zero-order valence-electron chi connectivity index (χ0n) is 21.9. The number of nitrogens with one attached hydrogen (secondary N) is 1. The number of hydrogen-bond donors (Lipinski definition) is 1. The third-order valence-electron chi connectivity index (χ3n) is 7.40. The summed E-state index contributed by atoms with van der Waals surface area (Å²) in [6.07, 6.45) is 7.07. The van der Waals surface area contributed by atoms with Crippen molar-refractivity contribution in [1.82, 2.24) is 24.7 Å². The summed E-state index contributed by atoms with van der Waals surface area (Å²) in [5.74, 6) is 0.897. The van der Waals surface area contributed by atoms with E-state index in [-0.39, 0.29) is 11.7 Å². The number of carbonyl (C=O) groups is 1.